The van der Waals surface area contributed by atoms with Crippen LogP contribution in [0.25, 0.3) is 0 Å². The molecule has 37 heavy (non-hydrogen) atoms. The highest BCUT2D eigenvalue weighted by Crippen LogP contribution is 2.32. The van der Waals surface area contributed by atoms with E-state index in [1.54, 1.807) is 43.4 Å². The number of rotatable bonds is 8. The minimum Gasteiger partial charge on any atom is -0.493 e. The number of carbonyl (C=O) groups is 2. The van der Waals surface area contributed by atoms with Crippen LogP contribution in [0.2, 0.25) is 5.02 Å². The van der Waals surface area contributed by atoms with E-state index in [0.717, 1.165) is 5.56 Å². The lowest BCUT2D eigenvalue weighted by molar-refractivity contribution is -0.129. The molecular weight excluding hydrogens is 517 g/mol. The van der Waals surface area contributed by atoms with E-state index in [1.807, 2.05) is 18.2 Å². The van der Waals surface area contributed by atoms with E-state index in [2.05, 4.69) is 10.3 Å². The Hall–Kier alpha value is -3.56. The standard InChI is InChI=1S/C27H25ClFN3O4S/c1-35-22-11-6-17(14-23(22)36-2)12-13-32-25(33)16-24(26(34)30-20-9-7-19(29)8-10-20)37-27(32)31-21-5-3-4-18(28)15-21/h3-11,14-15,24H,12-13,16H2,1-2H3,(H,30,34)/t24-/m1/s1. The summed E-state index contributed by atoms with van der Waals surface area (Å²) in [7, 11) is 3.14. The van der Waals surface area contributed by atoms with Crippen molar-refractivity contribution >= 4 is 51.7 Å². The molecule has 1 aliphatic rings. The van der Waals surface area contributed by atoms with Gasteiger partial charge in [0, 0.05) is 23.7 Å². The van der Waals surface area contributed by atoms with Crippen LogP contribution in [0.5, 0.6) is 11.5 Å². The van der Waals surface area contributed by atoms with Crippen LogP contribution in [0.3, 0.4) is 0 Å². The fourth-order valence-corrected chi connectivity index (χ4v) is 5.06. The van der Waals surface area contributed by atoms with Gasteiger partial charge in [0.15, 0.2) is 16.7 Å². The van der Waals surface area contributed by atoms with Crippen molar-refractivity contribution in [1.29, 1.82) is 0 Å². The molecule has 4 rings (SSSR count). The number of anilines is 1. The number of nitrogens with zero attached hydrogens (tertiary/aromatic N) is 2. The third-order valence-electron chi connectivity index (χ3n) is 5.65. The van der Waals surface area contributed by atoms with Crippen LogP contribution in [0.15, 0.2) is 71.7 Å². The number of thioether (sulfide) groups is 1. The van der Waals surface area contributed by atoms with Gasteiger partial charge in [0.2, 0.25) is 11.8 Å². The van der Waals surface area contributed by atoms with E-state index in [0.29, 0.717) is 46.0 Å². The van der Waals surface area contributed by atoms with Gasteiger partial charge in [0.25, 0.3) is 0 Å². The topological polar surface area (TPSA) is 80.2 Å². The van der Waals surface area contributed by atoms with Gasteiger partial charge in [0.1, 0.15) is 11.1 Å². The van der Waals surface area contributed by atoms with E-state index in [4.69, 9.17) is 21.1 Å². The van der Waals surface area contributed by atoms with Crippen molar-refractivity contribution in [2.75, 3.05) is 26.1 Å². The molecule has 1 atom stereocenters. The average Bonchev–Trinajstić information content (AvgIpc) is 2.89. The number of ether oxygens (including phenoxy) is 2. The summed E-state index contributed by atoms with van der Waals surface area (Å²) in [6.07, 6.45) is 0.534. The molecule has 7 nitrogen and oxygen atoms in total. The predicted octanol–water partition coefficient (Wildman–Crippen LogP) is 5.70. The normalized spacial score (nSPS) is 16.5. The van der Waals surface area contributed by atoms with Gasteiger partial charge >= 0.3 is 0 Å². The van der Waals surface area contributed by atoms with Crippen LogP contribution in [-0.4, -0.2) is 47.9 Å². The molecule has 1 N–H and O–H groups in total. The fourth-order valence-electron chi connectivity index (χ4n) is 3.75. The predicted molar refractivity (Wildman–Crippen MR) is 145 cm³/mol. The van der Waals surface area contributed by atoms with Gasteiger partial charge in [-0.3, -0.25) is 14.5 Å². The second-order valence-electron chi connectivity index (χ2n) is 8.17. The van der Waals surface area contributed by atoms with Crippen LogP contribution in [0.4, 0.5) is 15.8 Å². The van der Waals surface area contributed by atoms with Crippen LogP contribution >= 0.6 is 23.4 Å². The Balaban J connectivity index is 1.55. The maximum atomic E-state index is 13.3. The highest BCUT2D eigenvalue weighted by molar-refractivity contribution is 8.15. The molecule has 0 bridgehead atoms. The Morgan fingerprint density at radius 2 is 1.86 bits per heavy atom. The van der Waals surface area contributed by atoms with E-state index >= 15 is 0 Å². The summed E-state index contributed by atoms with van der Waals surface area (Å²) in [6, 6.07) is 18.0. The smallest absolute Gasteiger partial charge is 0.238 e. The van der Waals surface area contributed by atoms with Crippen molar-refractivity contribution in [3.8, 4) is 11.5 Å². The van der Waals surface area contributed by atoms with Crippen LogP contribution in [0, 0.1) is 5.82 Å². The molecule has 2 amide bonds. The molecule has 0 saturated carbocycles. The molecule has 10 heteroatoms. The van der Waals surface area contributed by atoms with Crippen molar-refractivity contribution in [3.05, 3.63) is 83.1 Å². The summed E-state index contributed by atoms with van der Waals surface area (Å²) in [4.78, 5) is 32.5. The zero-order valence-corrected chi connectivity index (χ0v) is 21.8. The number of benzene rings is 3. The lowest BCUT2D eigenvalue weighted by atomic mass is 10.1. The Morgan fingerprint density at radius 1 is 1.11 bits per heavy atom. The molecule has 0 aliphatic carbocycles. The lowest BCUT2D eigenvalue weighted by Crippen LogP contribution is -2.46. The second-order valence-corrected chi connectivity index (χ2v) is 9.77. The third-order valence-corrected chi connectivity index (χ3v) is 7.07. The van der Waals surface area contributed by atoms with Crippen molar-refractivity contribution < 1.29 is 23.5 Å². The van der Waals surface area contributed by atoms with Gasteiger partial charge in [-0.25, -0.2) is 9.38 Å². The first-order chi connectivity index (χ1) is 17.9. The van der Waals surface area contributed by atoms with E-state index < -0.39 is 11.1 Å². The molecule has 0 aromatic heterocycles. The number of hydrogen-bond acceptors (Lipinski definition) is 6. The maximum Gasteiger partial charge on any atom is 0.238 e. The Bertz CT molecular complexity index is 1320. The van der Waals surface area contributed by atoms with Crippen molar-refractivity contribution in [2.45, 2.75) is 18.1 Å². The summed E-state index contributed by atoms with van der Waals surface area (Å²) in [5, 5.41) is 2.96. The van der Waals surface area contributed by atoms with Crippen molar-refractivity contribution in [2.24, 2.45) is 4.99 Å². The minimum atomic E-state index is -0.701. The maximum absolute atomic E-state index is 13.3. The SMILES string of the molecule is COc1ccc(CCN2C(=O)C[C@H](C(=O)Nc3ccc(F)cc3)SC2=Nc2cccc(Cl)c2)cc1OC. The lowest BCUT2D eigenvalue weighted by Gasteiger charge is -2.32. The molecule has 1 heterocycles. The molecule has 0 unspecified atom stereocenters. The van der Waals surface area contributed by atoms with Crippen molar-refractivity contribution in [3.63, 3.8) is 0 Å². The molecular formula is C27H25ClFN3O4S. The minimum absolute atomic E-state index is 0.00179. The highest BCUT2D eigenvalue weighted by Gasteiger charge is 2.36. The first kappa shape index (κ1) is 26.5. The zero-order valence-electron chi connectivity index (χ0n) is 20.2. The van der Waals surface area contributed by atoms with E-state index in [1.165, 1.54) is 36.0 Å². The van der Waals surface area contributed by atoms with Crippen LogP contribution < -0.4 is 14.8 Å². The van der Waals surface area contributed by atoms with Gasteiger partial charge < -0.3 is 14.8 Å². The summed E-state index contributed by atoms with van der Waals surface area (Å²) >= 11 is 7.34. The van der Waals surface area contributed by atoms with E-state index in [9.17, 15) is 14.0 Å². The molecule has 3 aromatic rings. The van der Waals surface area contributed by atoms with Gasteiger partial charge in [-0.15, -0.1) is 0 Å². The van der Waals surface area contributed by atoms with Gasteiger partial charge in [-0.05, 0) is 66.6 Å². The molecule has 1 saturated heterocycles. The van der Waals surface area contributed by atoms with Crippen molar-refractivity contribution in [1.82, 2.24) is 4.90 Å². The quantitative estimate of drug-likeness (QED) is 0.396. The Morgan fingerprint density at radius 3 is 2.57 bits per heavy atom. The van der Waals surface area contributed by atoms with Gasteiger partial charge in [0.05, 0.1) is 19.9 Å². The Kier molecular flexibility index (Phi) is 8.68. The number of nitrogens with one attached hydrogen (secondary N) is 1. The average molecular weight is 542 g/mol. The molecule has 192 valence electrons. The first-order valence-corrected chi connectivity index (χ1v) is 12.7. The fraction of sp³-hybridized carbons (Fsp3) is 0.222. The van der Waals surface area contributed by atoms with Gasteiger partial charge in [-0.2, -0.15) is 0 Å². The summed E-state index contributed by atoms with van der Waals surface area (Å²) in [6.45, 7) is 0.354. The monoisotopic (exact) mass is 541 g/mol. The highest BCUT2D eigenvalue weighted by atomic mass is 35.5. The molecule has 0 radical (unpaired) electrons. The summed E-state index contributed by atoms with van der Waals surface area (Å²) in [5.41, 5.74) is 1.97. The number of methoxy groups -OCH3 is 2. The molecule has 1 aliphatic heterocycles. The van der Waals surface area contributed by atoms with Crippen LogP contribution in [-0.2, 0) is 16.0 Å². The third kappa shape index (κ3) is 6.81. The number of amides is 2. The first-order valence-electron chi connectivity index (χ1n) is 11.4. The Labute approximate surface area is 223 Å². The summed E-state index contributed by atoms with van der Waals surface area (Å²) in [5.74, 6) is 0.239. The zero-order chi connectivity index (χ0) is 26.4. The molecule has 0 spiro atoms. The number of amidine groups is 1. The second kappa shape index (κ2) is 12.1. The van der Waals surface area contributed by atoms with Gasteiger partial charge in [-0.1, -0.05) is 35.5 Å². The molecule has 3 aromatic carbocycles. The van der Waals surface area contributed by atoms with Crippen LogP contribution in [0.1, 0.15) is 12.0 Å². The number of hydrogen-bond donors (Lipinski definition) is 1. The molecule has 1 fully saturated rings. The number of carbonyl (C=O) groups excluding carboxylic acids is 2. The summed E-state index contributed by atoms with van der Waals surface area (Å²) < 4.78 is 23.9. The number of halogens is 2. The largest absolute Gasteiger partial charge is 0.493 e. The number of aliphatic imine (C=N–C) groups is 1. The van der Waals surface area contributed by atoms with E-state index in [-0.39, 0.29) is 18.2 Å².